The summed E-state index contributed by atoms with van der Waals surface area (Å²) in [5.41, 5.74) is 3.00. The van der Waals surface area contributed by atoms with E-state index in [4.69, 9.17) is 21.7 Å². The minimum atomic E-state index is -0.544. The van der Waals surface area contributed by atoms with Crippen LogP contribution in [0, 0.1) is 0 Å². The molecule has 4 aromatic carbocycles. The number of hydrogen-bond donors (Lipinski definition) is 1. The molecule has 0 atom stereocenters. The van der Waals surface area contributed by atoms with Crippen LogP contribution in [0.4, 0.5) is 5.69 Å². The molecule has 1 N–H and O–H groups in total. The topological polar surface area (TPSA) is 67.9 Å². The molecule has 1 aliphatic rings. The summed E-state index contributed by atoms with van der Waals surface area (Å²) in [6.45, 7) is 0. The maximum Gasteiger partial charge on any atom is 0.270 e. The lowest BCUT2D eigenvalue weighted by Gasteiger charge is -2.29. The molecular formula is C30H22N2O4S. The van der Waals surface area contributed by atoms with Crippen LogP contribution in [0.2, 0.25) is 0 Å². The van der Waals surface area contributed by atoms with Gasteiger partial charge in [0.2, 0.25) is 0 Å². The van der Waals surface area contributed by atoms with Crippen molar-refractivity contribution in [2.75, 3.05) is 12.0 Å². The van der Waals surface area contributed by atoms with Crippen LogP contribution < -0.4 is 19.7 Å². The van der Waals surface area contributed by atoms with Crippen LogP contribution in [0.1, 0.15) is 5.56 Å². The number of rotatable bonds is 6. The smallest absolute Gasteiger partial charge is 0.270 e. The fourth-order valence-electron chi connectivity index (χ4n) is 4.03. The first-order valence-electron chi connectivity index (χ1n) is 11.5. The molecule has 0 aliphatic carbocycles. The minimum Gasteiger partial charge on any atom is -0.496 e. The Balaban J connectivity index is 1.42. The third-order valence-electron chi connectivity index (χ3n) is 5.79. The van der Waals surface area contributed by atoms with Gasteiger partial charge in [0, 0.05) is 5.56 Å². The largest absolute Gasteiger partial charge is 0.496 e. The number of nitrogens with zero attached hydrogens (tertiary/aromatic N) is 1. The molecule has 182 valence electrons. The van der Waals surface area contributed by atoms with Crippen molar-refractivity contribution in [2.45, 2.75) is 0 Å². The summed E-state index contributed by atoms with van der Waals surface area (Å²) in [5.74, 6) is 0.993. The van der Waals surface area contributed by atoms with Crippen molar-refractivity contribution in [3.05, 3.63) is 114 Å². The molecule has 0 saturated carbocycles. The molecule has 0 aromatic heterocycles. The number of benzene rings is 4. The number of carbonyl (C=O) groups is 2. The molecule has 1 heterocycles. The van der Waals surface area contributed by atoms with Gasteiger partial charge in [0.1, 0.15) is 22.8 Å². The van der Waals surface area contributed by atoms with E-state index in [0.717, 1.165) is 16.9 Å². The molecule has 7 heteroatoms. The first-order chi connectivity index (χ1) is 18.0. The maximum atomic E-state index is 13.4. The van der Waals surface area contributed by atoms with Crippen LogP contribution >= 0.6 is 12.2 Å². The number of hydrogen-bond acceptors (Lipinski definition) is 5. The Labute approximate surface area is 219 Å². The van der Waals surface area contributed by atoms with Crippen LogP contribution in [-0.2, 0) is 9.59 Å². The molecule has 5 rings (SSSR count). The Morgan fingerprint density at radius 1 is 0.811 bits per heavy atom. The highest BCUT2D eigenvalue weighted by atomic mass is 32.1. The fraction of sp³-hybridized carbons (Fsp3) is 0.0333. The average Bonchev–Trinajstić information content (AvgIpc) is 2.92. The monoisotopic (exact) mass is 506 g/mol. The van der Waals surface area contributed by atoms with Crippen molar-refractivity contribution in [1.82, 2.24) is 5.32 Å². The molecule has 0 spiro atoms. The summed E-state index contributed by atoms with van der Waals surface area (Å²) >= 11 is 5.33. The highest BCUT2D eigenvalue weighted by molar-refractivity contribution is 7.80. The Morgan fingerprint density at radius 3 is 2.27 bits per heavy atom. The second kappa shape index (κ2) is 10.5. The summed E-state index contributed by atoms with van der Waals surface area (Å²) < 4.78 is 11.3. The van der Waals surface area contributed by atoms with Crippen molar-refractivity contribution in [3.8, 4) is 28.4 Å². The highest BCUT2D eigenvalue weighted by Crippen LogP contribution is 2.31. The number of thiocarbonyl (C=S) groups is 1. The predicted octanol–water partition coefficient (Wildman–Crippen LogP) is 5.99. The highest BCUT2D eigenvalue weighted by Gasteiger charge is 2.34. The van der Waals surface area contributed by atoms with Crippen molar-refractivity contribution in [1.29, 1.82) is 0 Å². The quantitative estimate of drug-likeness (QED) is 0.198. The van der Waals surface area contributed by atoms with Gasteiger partial charge in [-0.1, -0.05) is 54.6 Å². The first kappa shape index (κ1) is 24.0. The lowest BCUT2D eigenvalue weighted by molar-refractivity contribution is -0.122. The van der Waals surface area contributed by atoms with E-state index >= 15 is 0 Å². The Morgan fingerprint density at radius 2 is 1.51 bits per heavy atom. The normalized spacial score (nSPS) is 14.5. The van der Waals surface area contributed by atoms with Crippen LogP contribution in [0.25, 0.3) is 17.2 Å². The summed E-state index contributed by atoms with van der Waals surface area (Å²) in [5, 5.41) is 2.65. The van der Waals surface area contributed by atoms with Crippen molar-refractivity contribution >= 4 is 40.9 Å². The van der Waals surface area contributed by atoms with Gasteiger partial charge in [-0.2, -0.15) is 0 Å². The van der Waals surface area contributed by atoms with Crippen molar-refractivity contribution in [2.24, 2.45) is 0 Å². The van der Waals surface area contributed by atoms with Crippen molar-refractivity contribution < 1.29 is 19.1 Å². The van der Waals surface area contributed by atoms with E-state index < -0.39 is 11.8 Å². The van der Waals surface area contributed by atoms with E-state index in [2.05, 4.69) is 5.32 Å². The Kier molecular flexibility index (Phi) is 6.78. The molecule has 1 saturated heterocycles. The van der Waals surface area contributed by atoms with E-state index in [-0.39, 0.29) is 10.7 Å². The number of nitrogens with one attached hydrogen (secondary N) is 1. The summed E-state index contributed by atoms with van der Waals surface area (Å²) in [6.07, 6.45) is 1.57. The molecule has 0 bridgehead atoms. The van der Waals surface area contributed by atoms with Gasteiger partial charge < -0.3 is 9.47 Å². The number of anilines is 1. The second-order valence-electron chi connectivity index (χ2n) is 8.19. The van der Waals surface area contributed by atoms with Gasteiger partial charge in [-0.15, -0.1) is 0 Å². The van der Waals surface area contributed by atoms with Gasteiger partial charge in [0.15, 0.2) is 5.11 Å². The number of para-hydroxylation sites is 2. The van der Waals surface area contributed by atoms with Crippen LogP contribution in [0.5, 0.6) is 17.2 Å². The SMILES string of the molecule is COc1ccccc1-c1cccc(C=C2C(=O)NC(=S)N(c3ccc(Oc4ccccc4)cc3)C2=O)c1. The van der Waals surface area contributed by atoms with Crippen LogP contribution in [0.15, 0.2) is 109 Å². The minimum absolute atomic E-state index is 0.0182. The maximum absolute atomic E-state index is 13.4. The van der Waals surface area contributed by atoms with Gasteiger partial charge in [-0.3, -0.25) is 19.8 Å². The molecular weight excluding hydrogens is 484 g/mol. The third-order valence-corrected chi connectivity index (χ3v) is 6.08. The Hall–Kier alpha value is -4.75. The summed E-state index contributed by atoms with van der Waals surface area (Å²) in [7, 11) is 1.62. The molecule has 2 amide bonds. The van der Waals surface area contributed by atoms with Gasteiger partial charge in [-0.25, -0.2) is 0 Å². The third kappa shape index (κ3) is 5.12. The fourth-order valence-corrected chi connectivity index (χ4v) is 4.31. The molecule has 0 radical (unpaired) electrons. The lowest BCUT2D eigenvalue weighted by Crippen LogP contribution is -2.54. The number of amides is 2. The molecule has 6 nitrogen and oxygen atoms in total. The van der Waals surface area contributed by atoms with E-state index in [0.29, 0.717) is 22.7 Å². The van der Waals surface area contributed by atoms with Gasteiger partial charge in [0.25, 0.3) is 11.8 Å². The predicted molar refractivity (Wildman–Crippen MR) is 148 cm³/mol. The standard InChI is InChI=1S/C30H22N2O4S/c1-35-27-13-6-5-12-25(27)21-9-7-8-20(18-21)19-26-28(33)31-30(37)32(29(26)34)22-14-16-24(17-15-22)36-23-10-3-2-4-11-23/h2-19H,1H3,(H,31,33,37). The number of methoxy groups -OCH3 is 1. The van der Waals surface area contributed by atoms with Crippen LogP contribution in [0.3, 0.4) is 0 Å². The van der Waals surface area contributed by atoms with E-state index in [1.807, 2.05) is 78.9 Å². The first-order valence-corrected chi connectivity index (χ1v) is 11.9. The average molecular weight is 507 g/mol. The Bertz CT molecular complexity index is 1510. The van der Waals surface area contributed by atoms with Gasteiger partial charge in [0.05, 0.1) is 12.8 Å². The van der Waals surface area contributed by atoms with E-state index in [1.165, 1.54) is 4.90 Å². The zero-order valence-corrected chi connectivity index (χ0v) is 20.7. The lowest BCUT2D eigenvalue weighted by atomic mass is 10.00. The van der Waals surface area contributed by atoms with Gasteiger partial charge >= 0.3 is 0 Å². The molecule has 1 fully saturated rings. The number of ether oxygens (including phenoxy) is 2. The zero-order valence-electron chi connectivity index (χ0n) is 19.9. The van der Waals surface area contributed by atoms with E-state index in [1.54, 1.807) is 37.5 Å². The molecule has 1 aliphatic heterocycles. The van der Waals surface area contributed by atoms with Crippen molar-refractivity contribution in [3.63, 3.8) is 0 Å². The molecule has 4 aromatic rings. The molecule has 0 unspecified atom stereocenters. The molecule has 37 heavy (non-hydrogen) atoms. The van der Waals surface area contributed by atoms with Crippen LogP contribution in [-0.4, -0.2) is 24.0 Å². The van der Waals surface area contributed by atoms with Gasteiger partial charge in [-0.05, 0) is 78.0 Å². The zero-order chi connectivity index (χ0) is 25.8. The van der Waals surface area contributed by atoms with E-state index in [9.17, 15) is 9.59 Å². The summed E-state index contributed by atoms with van der Waals surface area (Å²) in [6, 6.07) is 31.5. The summed E-state index contributed by atoms with van der Waals surface area (Å²) in [4.78, 5) is 27.5. The second-order valence-corrected chi connectivity index (χ2v) is 8.58. The number of carbonyl (C=O) groups excluding carboxylic acids is 2.